The quantitative estimate of drug-likeness (QED) is 0.454. The number of piperidine rings is 1. The highest BCUT2D eigenvalue weighted by Gasteiger charge is 2.29. The van der Waals surface area contributed by atoms with Gasteiger partial charge in [0.15, 0.2) is 0 Å². The van der Waals surface area contributed by atoms with Crippen LogP contribution in [0.25, 0.3) is 11.4 Å². The van der Waals surface area contributed by atoms with Crippen LogP contribution >= 0.6 is 0 Å². The van der Waals surface area contributed by atoms with Crippen molar-refractivity contribution in [2.24, 2.45) is 0 Å². The number of rotatable bonds is 8. The number of amides is 2. The minimum absolute atomic E-state index is 0.0676. The van der Waals surface area contributed by atoms with Gasteiger partial charge >= 0.3 is 6.43 Å². The molecule has 0 spiro atoms. The first-order valence-electron chi connectivity index (χ1n) is 11.5. The summed E-state index contributed by atoms with van der Waals surface area (Å²) in [5.41, 5.74) is 2.53. The van der Waals surface area contributed by atoms with Gasteiger partial charge in [-0.05, 0) is 43.4 Å². The number of aromatic nitrogens is 2. The molecule has 1 saturated heterocycles. The lowest BCUT2D eigenvalue weighted by Gasteiger charge is -2.30. The Hall–Kier alpha value is -3.66. The molecule has 1 fully saturated rings. The second-order valence-corrected chi connectivity index (χ2v) is 8.54. The lowest BCUT2D eigenvalue weighted by molar-refractivity contribution is -0.130. The van der Waals surface area contributed by atoms with Gasteiger partial charge in [0.25, 0.3) is 5.89 Å². The summed E-state index contributed by atoms with van der Waals surface area (Å²) >= 11 is 0. The van der Waals surface area contributed by atoms with Crippen molar-refractivity contribution in [3.8, 4) is 11.4 Å². The van der Waals surface area contributed by atoms with Gasteiger partial charge in [0.05, 0.1) is 6.04 Å². The summed E-state index contributed by atoms with van der Waals surface area (Å²) in [7, 11) is 0. The molecule has 2 heterocycles. The normalized spacial score (nSPS) is 18.7. The van der Waals surface area contributed by atoms with E-state index in [-0.39, 0.29) is 30.2 Å². The summed E-state index contributed by atoms with van der Waals surface area (Å²) < 4.78 is 29.7. The van der Waals surface area contributed by atoms with Crippen molar-refractivity contribution in [2.45, 2.75) is 50.7 Å². The maximum Gasteiger partial charge on any atom is 0.315 e. The maximum atomic E-state index is 12.8. The maximum absolute atomic E-state index is 12.8. The van der Waals surface area contributed by atoms with Gasteiger partial charge in [-0.1, -0.05) is 59.8 Å². The van der Waals surface area contributed by atoms with Crippen LogP contribution in [-0.4, -0.2) is 40.6 Å². The lowest BCUT2D eigenvalue weighted by atomic mass is 9.86. The molecule has 3 aromatic rings. The highest BCUT2D eigenvalue weighted by atomic mass is 19.3. The topological polar surface area (TPSA) is 109 Å². The summed E-state index contributed by atoms with van der Waals surface area (Å²) in [5.74, 6) is -0.863. The van der Waals surface area contributed by atoms with E-state index in [2.05, 4.69) is 42.7 Å². The zero-order valence-electron chi connectivity index (χ0n) is 19.2. The monoisotopic (exact) mass is 483 g/mol. The fourth-order valence-electron chi connectivity index (χ4n) is 4.08. The van der Waals surface area contributed by atoms with Crippen LogP contribution in [-0.2, 0) is 16.1 Å². The Labute approximate surface area is 201 Å². The molecule has 35 heavy (non-hydrogen) atoms. The van der Waals surface area contributed by atoms with Crippen molar-refractivity contribution >= 4 is 11.8 Å². The molecule has 2 amide bonds. The van der Waals surface area contributed by atoms with E-state index in [0.29, 0.717) is 17.9 Å². The molecule has 1 aliphatic heterocycles. The van der Waals surface area contributed by atoms with Gasteiger partial charge in [-0.25, -0.2) is 0 Å². The van der Waals surface area contributed by atoms with Crippen LogP contribution in [0.2, 0.25) is 0 Å². The van der Waals surface area contributed by atoms with Crippen molar-refractivity contribution in [1.29, 1.82) is 0 Å². The first kappa shape index (κ1) is 24.5. The Balaban J connectivity index is 1.25. The van der Waals surface area contributed by atoms with Gasteiger partial charge in [-0.15, -0.1) is 0 Å². The average Bonchev–Trinajstić information content (AvgIpc) is 3.39. The Kier molecular flexibility index (Phi) is 7.81. The van der Waals surface area contributed by atoms with Crippen molar-refractivity contribution in [3.05, 3.63) is 71.6 Å². The molecular formula is C25H27F2N5O3. The van der Waals surface area contributed by atoms with Gasteiger partial charge in [0, 0.05) is 12.1 Å². The number of carbonyl (C=O) groups is 2. The SMILES string of the molecule is C[C@H](NC(=O)[C@H]1C[C@@H](c2ccccc2)CCN1)C(=O)NCc1ccc(-c2noc(C(F)F)n2)cc1. The third-order valence-corrected chi connectivity index (χ3v) is 6.05. The molecule has 0 bridgehead atoms. The smallest absolute Gasteiger partial charge is 0.315 e. The number of benzene rings is 2. The highest BCUT2D eigenvalue weighted by molar-refractivity contribution is 5.89. The van der Waals surface area contributed by atoms with Crippen molar-refractivity contribution < 1.29 is 22.9 Å². The third-order valence-electron chi connectivity index (χ3n) is 6.05. The van der Waals surface area contributed by atoms with Crippen LogP contribution < -0.4 is 16.0 Å². The molecule has 10 heteroatoms. The zero-order chi connectivity index (χ0) is 24.8. The summed E-state index contributed by atoms with van der Waals surface area (Å²) in [4.78, 5) is 28.9. The van der Waals surface area contributed by atoms with Crippen LogP contribution in [0.3, 0.4) is 0 Å². The molecule has 4 rings (SSSR count). The molecule has 184 valence electrons. The van der Waals surface area contributed by atoms with E-state index < -0.39 is 18.4 Å². The first-order chi connectivity index (χ1) is 16.9. The molecule has 1 aliphatic rings. The van der Waals surface area contributed by atoms with Gasteiger partial charge < -0.3 is 20.5 Å². The van der Waals surface area contributed by atoms with E-state index in [4.69, 9.17) is 0 Å². The van der Waals surface area contributed by atoms with Gasteiger partial charge in [0.2, 0.25) is 17.6 Å². The summed E-state index contributed by atoms with van der Waals surface area (Å²) in [5, 5.41) is 12.4. The van der Waals surface area contributed by atoms with E-state index in [9.17, 15) is 18.4 Å². The highest BCUT2D eigenvalue weighted by Crippen LogP contribution is 2.27. The van der Waals surface area contributed by atoms with E-state index in [0.717, 1.165) is 18.5 Å². The van der Waals surface area contributed by atoms with E-state index in [1.807, 2.05) is 18.2 Å². The lowest BCUT2D eigenvalue weighted by Crippen LogP contribution is -2.53. The van der Waals surface area contributed by atoms with Crippen molar-refractivity contribution in [2.75, 3.05) is 6.54 Å². The van der Waals surface area contributed by atoms with Crippen LogP contribution in [0, 0.1) is 0 Å². The number of alkyl halides is 2. The summed E-state index contributed by atoms with van der Waals surface area (Å²) in [6.45, 7) is 2.62. The average molecular weight is 484 g/mol. The molecule has 0 saturated carbocycles. The zero-order valence-corrected chi connectivity index (χ0v) is 19.2. The molecule has 3 N–H and O–H groups in total. The predicted molar refractivity (Wildman–Crippen MR) is 124 cm³/mol. The van der Waals surface area contributed by atoms with E-state index >= 15 is 0 Å². The molecule has 8 nitrogen and oxygen atoms in total. The number of nitrogens with one attached hydrogen (secondary N) is 3. The number of hydrogen-bond acceptors (Lipinski definition) is 6. The van der Waals surface area contributed by atoms with Gasteiger partial charge in [0.1, 0.15) is 6.04 Å². The summed E-state index contributed by atoms with van der Waals surface area (Å²) in [6, 6.07) is 15.9. The van der Waals surface area contributed by atoms with E-state index in [1.54, 1.807) is 31.2 Å². The molecule has 0 aliphatic carbocycles. The Bertz CT molecular complexity index is 1140. The second-order valence-electron chi connectivity index (χ2n) is 8.54. The standard InChI is InChI=1S/C25H27F2N5O3/c1-15(30-24(34)20-13-19(11-12-28-20)17-5-3-2-4-6-17)23(33)29-14-16-7-9-18(10-8-16)22-31-25(21(26)27)35-32-22/h2-10,15,19-21,28H,11-14H2,1H3,(H,29,33)(H,30,34)/t15-,19-,20+/m0/s1. The van der Waals surface area contributed by atoms with Gasteiger partial charge in [-0.3, -0.25) is 9.59 Å². The Morgan fingerprint density at radius 1 is 1.14 bits per heavy atom. The largest absolute Gasteiger partial charge is 0.350 e. The van der Waals surface area contributed by atoms with Crippen molar-refractivity contribution in [1.82, 2.24) is 26.1 Å². The minimum Gasteiger partial charge on any atom is -0.350 e. The first-order valence-corrected chi connectivity index (χ1v) is 11.5. The minimum atomic E-state index is -2.83. The fourth-order valence-corrected chi connectivity index (χ4v) is 4.08. The third kappa shape index (κ3) is 6.27. The van der Waals surface area contributed by atoms with Gasteiger partial charge in [-0.2, -0.15) is 13.8 Å². The Morgan fingerprint density at radius 2 is 1.89 bits per heavy atom. The molecule has 0 unspecified atom stereocenters. The molecule has 3 atom stereocenters. The molecular weight excluding hydrogens is 456 g/mol. The van der Waals surface area contributed by atoms with Crippen LogP contribution in [0.15, 0.2) is 59.1 Å². The number of carbonyl (C=O) groups excluding carboxylic acids is 2. The summed E-state index contributed by atoms with van der Waals surface area (Å²) in [6.07, 6.45) is -1.19. The van der Waals surface area contributed by atoms with Crippen LogP contribution in [0.1, 0.15) is 49.1 Å². The fraction of sp³-hybridized carbons (Fsp3) is 0.360. The van der Waals surface area contributed by atoms with E-state index in [1.165, 1.54) is 5.56 Å². The molecule has 2 aromatic carbocycles. The molecule has 0 radical (unpaired) electrons. The Morgan fingerprint density at radius 3 is 2.57 bits per heavy atom. The van der Waals surface area contributed by atoms with Crippen LogP contribution in [0.4, 0.5) is 8.78 Å². The van der Waals surface area contributed by atoms with Crippen LogP contribution in [0.5, 0.6) is 0 Å². The number of nitrogens with zero attached hydrogens (tertiary/aromatic N) is 2. The van der Waals surface area contributed by atoms with Crippen molar-refractivity contribution in [3.63, 3.8) is 0 Å². The predicted octanol–water partition coefficient (Wildman–Crippen LogP) is 3.33. The number of halogens is 2. The second kappa shape index (κ2) is 11.2. The molecule has 1 aromatic heterocycles. The number of hydrogen-bond donors (Lipinski definition) is 3.